The number of piperidine rings is 1. The molecule has 1 saturated carbocycles. The molecule has 1 aromatic carbocycles. The maximum absolute atomic E-state index is 13.1. The van der Waals surface area contributed by atoms with E-state index >= 15 is 0 Å². The van der Waals surface area contributed by atoms with E-state index in [1.807, 2.05) is 31.2 Å². The molecule has 1 aromatic heterocycles. The van der Waals surface area contributed by atoms with Crippen molar-refractivity contribution in [3.63, 3.8) is 0 Å². The molecule has 33 heavy (non-hydrogen) atoms. The Morgan fingerprint density at radius 3 is 2.64 bits per heavy atom. The normalized spacial score (nSPS) is 26.5. The minimum Gasteiger partial charge on any atom is -0.340 e. The summed E-state index contributed by atoms with van der Waals surface area (Å²) >= 11 is 1.65. The second kappa shape index (κ2) is 8.85. The van der Waals surface area contributed by atoms with E-state index in [9.17, 15) is 19.2 Å². The fourth-order valence-corrected chi connectivity index (χ4v) is 6.43. The number of nitrogens with zero attached hydrogens (tertiary/aromatic N) is 4. The molecule has 5 amide bonds. The Morgan fingerprint density at radius 2 is 1.85 bits per heavy atom. The maximum atomic E-state index is 13.1. The molecule has 0 unspecified atom stereocenters. The van der Waals surface area contributed by atoms with E-state index in [0.717, 1.165) is 57.1 Å². The zero-order chi connectivity index (χ0) is 23.1. The number of fused-ring (bicyclic) bond motifs is 1. The summed E-state index contributed by atoms with van der Waals surface area (Å²) < 4.78 is 1.12. The number of imide groups is 2. The first kappa shape index (κ1) is 22.0. The summed E-state index contributed by atoms with van der Waals surface area (Å²) in [6.45, 7) is 2.71. The van der Waals surface area contributed by atoms with Crippen molar-refractivity contribution in [2.75, 3.05) is 19.6 Å². The Hall–Kier alpha value is -2.81. The van der Waals surface area contributed by atoms with E-state index in [0.29, 0.717) is 19.5 Å². The van der Waals surface area contributed by atoms with Crippen LogP contribution in [0.15, 0.2) is 24.3 Å². The largest absolute Gasteiger partial charge is 0.340 e. The number of carbonyl (C=O) groups is 4. The van der Waals surface area contributed by atoms with Gasteiger partial charge in [-0.3, -0.25) is 19.3 Å². The SMILES string of the molecule is C[C@@H]1CCCC[C@H]1N1C(=O)C(=O)N(CC(=O)N2CCC[C@@H](c3nc4ccccc4s3)C2)C1=O. The summed E-state index contributed by atoms with van der Waals surface area (Å²) in [6, 6.07) is 7.08. The monoisotopic (exact) mass is 468 g/mol. The van der Waals surface area contributed by atoms with Crippen LogP contribution >= 0.6 is 11.3 Å². The highest BCUT2D eigenvalue weighted by Gasteiger charge is 2.50. The van der Waals surface area contributed by atoms with Crippen LogP contribution in [0.4, 0.5) is 4.79 Å². The lowest BCUT2D eigenvalue weighted by Crippen LogP contribution is -2.48. The molecule has 9 heteroatoms. The van der Waals surface area contributed by atoms with Crippen LogP contribution in [0.3, 0.4) is 0 Å². The maximum Gasteiger partial charge on any atom is 0.334 e. The molecule has 0 spiro atoms. The molecule has 5 rings (SSSR count). The molecule has 2 saturated heterocycles. The van der Waals surface area contributed by atoms with E-state index in [1.165, 1.54) is 0 Å². The Bertz CT molecular complexity index is 1080. The molecular formula is C24H28N4O4S. The third-order valence-corrected chi connectivity index (χ3v) is 8.41. The van der Waals surface area contributed by atoms with Crippen molar-refractivity contribution in [2.24, 2.45) is 5.92 Å². The molecule has 3 heterocycles. The van der Waals surface area contributed by atoms with Crippen molar-refractivity contribution in [3.8, 4) is 0 Å². The summed E-state index contributed by atoms with van der Waals surface area (Å²) in [5.41, 5.74) is 0.963. The molecule has 3 aliphatic rings. The number of aromatic nitrogens is 1. The Balaban J connectivity index is 1.27. The van der Waals surface area contributed by atoms with Crippen molar-refractivity contribution in [1.82, 2.24) is 19.7 Å². The number of hydrogen-bond acceptors (Lipinski definition) is 6. The lowest BCUT2D eigenvalue weighted by molar-refractivity contribution is -0.146. The number of benzene rings is 1. The third-order valence-electron chi connectivity index (χ3n) is 7.21. The van der Waals surface area contributed by atoms with Gasteiger partial charge < -0.3 is 4.90 Å². The molecular weight excluding hydrogens is 440 g/mol. The molecule has 0 bridgehead atoms. The van der Waals surface area contributed by atoms with Crippen LogP contribution in [-0.4, -0.2) is 69.1 Å². The highest BCUT2D eigenvalue weighted by atomic mass is 32.1. The number of amides is 5. The fourth-order valence-electron chi connectivity index (χ4n) is 5.34. The van der Waals surface area contributed by atoms with Crippen LogP contribution in [0.5, 0.6) is 0 Å². The predicted molar refractivity (Wildman–Crippen MR) is 124 cm³/mol. The smallest absolute Gasteiger partial charge is 0.334 e. The number of hydrogen-bond donors (Lipinski definition) is 0. The zero-order valence-corrected chi connectivity index (χ0v) is 19.6. The summed E-state index contributed by atoms with van der Waals surface area (Å²) in [5.74, 6) is -1.68. The number of carbonyl (C=O) groups excluding carboxylic acids is 4. The second-order valence-corrected chi connectivity index (χ2v) is 10.4. The van der Waals surface area contributed by atoms with Gasteiger partial charge in [0.05, 0.1) is 15.2 Å². The van der Waals surface area contributed by atoms with Crippen LogP contribution in [0.25, 0.3) is 10.2 Å². The highest BCUT2D eigenvalue weighted by molar-refractivity contribution is 7.18. The molecule has 8 nitrogen and oxygen atoms in total. The number of urea groups is 1. The highest BCUT2D eigenvalue weighted by Crippen LogP contribution is 2.34. The van der Waals surface area contributed by atoms with Gasteiger partial charge in [0.15, 0.2) is 0 Å². The molecule has 1 aliphatic carbocycles. The van der Waals surface area contributed by atoms with Crippen LogP contribution in [0, 0.1) is 5.92 Å². The average Bonchev–Trinajstić information content (AvgIpc) is 3.35. The van der Waals surface area contributed by atoms with Crippen molar-refractivity contribution >= 4 is 45.3 Å². The van der Waals surface area contributed by atoms with Crippen molar-refractivity contribution < 1.29 is 19.2 Å². The van der Waals surface area contributed by atoms with Crippen LogP contribution in [0.1, 0.15) is 56.4 Å². The molecule has 2 aliphatic heterocycles. The first-order chi connectivity index (χ1) is 15.9. The van der Waals surface area contributed by atoms with Gasteiger partial charge in [0.25, 0.3) is 0 Å². The summed E-state index contributed by atoms with van der Waals surface area (Å²) in [7, 11) is 0. The predicted octanol–water partition coefficient (Wildman–Crippen LogP) is 3.37. The number of thiazole rings is 1. The van der Waals surface area contributed by atoms with Crippen LogP contribution in [-0.2, 0) is 14.4 Å². The molecule has 3 fully saturated rings. The molecule has 174 valence electrons. The minimum atomic E-state index is -0.883. The van der Waals surface area contributed by atoms with Crippen LogP contribution < -0.4 is 0 Å². The van der Waals surface area contributed by atoms with Gasteiger partial charge in [-0.1, -0.05) is 31.9 Å². The molecule has 2 aromatic rings. The first-order valence-corrected chi connectivity index (χ1v) is 12.6. The summed E-state index contributed by atoms with van der Waals surface area (Å²) in [5, 5.41) is 1.01. The van der Waals surface area contributed by atoms with Crippen molar-refractivity contribution in [1.29, 1.82) is 0 Å². The quantitative estimate of drug-likeness (QED) is 0.507. The van der Waals surface area contributed by atoms with E-state index < -0.39 is 17.8 Å². The second-order valence-electron chi connectivity index (χ2n) is 9.38. The standard InChI is InChI=1S/C24H28N4O4S/c1-15-7-2-4-10-18(15)28-23(31)22(30)27(24(28)32)14-20(29)26-12-6-8-16(13-26)21-25-17-9-3-5-11-19(17)33-21/h3,5,9,11,15-16,18H,2,4,6-8,10,12-14H2,1H3/t15-,16-,18-/m1/s1. The molecule has 0 N–H and O–H groups in total. The fraction of sp³-hybridized carbons (Fsp3) is 0.542. The van der Waals surface area contributed by atoms with Gasteiger partial charge in [-0.25, -0.2) is 14.7 Å². The number of para-hydroxylation sites is 1. The Morgan fingerprint density at radius 1 is 1.06 bits per heavy atom. The van der Waals surface area contributed by atoms with Crippen molar-refractivity contribution in [2.45, 2.75) is 57.4 Å². The molecule has 0 radical (unpaired) electrons. The molecule has 3 atom stereocenters. The Labute approximate surface area is 196 Å². The average molecular weight is 469 g/mol. The van der Waals surface area contributed by atoms with E-state index in [2.05, 4.69) is 0 Å². The van der Waals surface area contributed by atoms with E-state index in [-0.39, 0.29) is 30.3 Å². The third kappa shape index (κ3) is 4.03. The van der Waals surface area contributed by atoms with E-state index in [1.54, 1.807) is 16.2 Å². The van der Waals surface area contributed by atoms with Gasteiger partial charge in [0, 0.05) is 25.0 Å². The lowest BCUT2D eigenvalue weighted by Gasteiger charge is -2.34. The summed E-state index contributed by atoms with van der Waals surface area (Å²) in [6.07, 6.45) is 5.41. The van der Waals surface area contributed by atoms with Gasteiger partial charge in [0.1, 0.15) is 6.54 Å². The lowest BCUT2D eigenvalue weighted by atomic mass is 9.85. The number of rotatable bonds is 4. The van der Waals surface area contributed by atoms with Gasteiger partial charge in [0.2, 0.25) is 5.91 Å². The Kier molecular flexibility index (Phi) is 5.90. The van der Waals surface area contributed by atoms with Gasteiger partial charge in [-0.2, -0.15) is 0 Å². The van der Waals surface area contributed by atoms with Gasteiger partial charge in [-0.05, 0) is 43.7 Å². The topological polar surface area (TPSA) is 90.9 Å². The van der Waals surface area contributed by atoms with Crippen molar-refractivity contribution in [3.05, 3.63) is 29.3 Å². The first-order valence-electron chi connectivity index (χ1n) is 11.8. The summed E-state index contributed by atoms with van der Waals surface area (Å²) in [4.78, 5) is 59.7. The van der Waals surface area contributed by atoms with E-state index in [4.69, 9.17) is 4.98 Å². The van der Waals surface area contributed by atoms with Gasteiger partial charge in [-0.15, -0.1) is 11.3 Å². The number of likely N-dealkylation sites (tertiary alicyclic amines) is 1. The zero-order valence-electron chi connectivity index (χ0n) is 18.7. The minimum absolute atomic E-state index is 0.131. The van der Waals surface area contributed by atoms with Gasteiger partial charge >= 0.3 is 17.8 Å². The van der Waals surface area contributed by atoms with Crippen LogP contribution in [0.2, 0.25) is 0 Å².